The number of nitrogens with zero attached hydrogens (tertiary/aromatic N) is 1. The lowest BCUT2D eigenvalue weighted by Crippen LogP contribution is -2.37. The van der Waals surface area contributed by atoms with E-state index in [0.717, 1.165) is 36.0 Å². The Bertz CT molecular complexity index is 1020. The zero-order valence-electron chi connectivity index (χ0n) is 19.0. The number of aryl methyl sites for hydroxylation is 1. The van der Waals surface area contributed by atoms with Gasteiger partial charge in [-0.2, -0.15) is 5.26 Å². The fraction of sp³-hybridized carbons (Fsp3) is 0.310. The van der Waals surface area contributed by atoms with Crippen molar-refractivity contribution >= 4 is 5.91 Å². The van der Waals surface area contributed by atoms with Crippen molar-refractivity contribution in [2.24, 2.45) is 5.92 Å². The summed E-state index contributed by atoms with van der Waals surface area (Å²) in [6.45, 7) is 4.26. The Kier molecular flexibility index (Phi) is 8.63. The van der Waals surface area contributed by atoms with Crippen LogP contribution in [0, 0.1) is 17.2 Å². The van der Waals surface area contributed by atoms with Crippen LogP contribution in [0.5, 0.6) is 0 Å². The molecule has 0 saturated heterocycles. The standard InChI is InChI=1S/C29H32N2O/c1-22(2)19-28(26-17-10-16-25(20-26)24-14-7-4-8-15-24)29(32)31-27(21-30)18-9-13-23-11-5-3-6-12-23/h3-8,10-12,14-17,20,22,27-28H,9,13,18-19H2,1-2H3,(H,31,32). The normalized spacial score (nSPS) is 12.7. The Balaban J connectivity index is 1.69. The van der Waals surface area contributed by atoms with Crippen LogP contribution in [0.15, 0.2) is 84.9 Å². The lowest BCUT2D eigenvalue weighted by Gasteiger charge is -2.22. The monoisotopic (exact) mass is 424 g/mol. The van der Waals surface area contributed by atoms with Crippen LogP contribution in [0.4, 0.5) is 0 Å². The van der Waals surface area contributed by atoms with Crippen molar-refractivity contribution in [3.8, 4) is 17.2 Å². The van der Waals surface area contributed by atoms with Crippen LogP contribution in [-0.4, -0.2) is 11.9 Å². The number of carbonyl (C=O) groups excluding carboxylic acids is 1. The number of hydrogen-bond donors (Lipinski definition) is 1. The Labute approximate surface area is 192 Å². The third-order valence-corrected chi connectivity index (χ3v) is 5.69. The molecule has 0 heterocycles. The Hall–Kier alpha value is -3.38. The number of hydrogen-bond acceptors (Lipinski definition) is 2. The highest BCUT2D eigenvalue weighted by molar-refractivity contribution is 5.84. The van der Waals surface area contributed by atoms with E-state index in [1.807, 2.05) is 48.5 Å². The molecule has 0 aliphatic carbocycles. The second-order valence-corrected chi connectivity index (χ2v) is 8.74. The molecule has 3 aromatic carbocycles. The van der Waals surface area contributed by atoms with Crippen LogP contribution in [0.1, 0.15) is 50.2 Å². The molecule has 0 aliphatic rings. The van der Waals surface area contributed by atoms with E-state index in [0.29, 0.717) is 12.3 Å². The van der Waals surface area contributed by atoms with Crippen molar-refractivity contribution < 1.29 is 4.79 Å². The van der Waals surface area contributed by atoms with Gasteiger partial charge in [-0.15, -0.1) is 0 Å². The minimum atomic E-state index is -0.474. The van der Waals surface area contributed by atoms with Crippen molar-refractivity contribution in [2.45, 2.75) is 51.5 Å². The van der Waals surface area contributed by atoms with Gasteiger partial charge in [0, 0.05) is 0 Å². The van der Waals surface area contributed by atoms with Gasteiger partial charge in [0.15, 0.2) is 0 Å². The van der Waals surface area contributed by atoms with Crippen LogP contribution < -0.4 is 5.32 Å². The van der Waals surface area contributed by atoms with Gasteiger partial charge in [-0.1, -0.05) is 98.8 Å². The predicted molar refractivity (Wildman–Crippen MR) is 131 cm³/mol. The Morgan fingerprint density at radius 2 is 1.56 bits per heavy atom. The van der Waals surface area contributed by atoms with Gasteiger partial charge in [0.25, 0.3) is 0 Å². The molecule has 2 atom stereocenters. The molecule has 0 aliphatic heterocycles. The van der Waals surface area contributed by atoms with E-state index in [-0.39, 0.29) is 11.8 Å². The summed E-state index contributed by atoms with van der Waals surface area (Å²) in [5.41, 5.74) is 4.49. The van der Waals surface area contributed by atoms with Crippen molar-refractivity contribution in [1.29, 1.82) is 5.26 Å². The Morgan fingerprint density at radius 1 is 0.906 bits per heavy atom. The van der Waals surface area contributed by atoms with E-state index in [2.05, 4.69) is 61.6 Å². The fourth-order valence-corrected chi connectivity index (χ4v) is 4.03. The average molecular weight is 425 g/mol. The van der Waals surface area contributed by atoms with Gasteiger partial charge in [0.05, 0.1) is 12.0 Å². The van der Waals surface area contributed by atoms with Crippen LogP contribution in [0.25, 0.3) is 11.1 Å². The van der Waals surface area contributed by atoms with Crippen LogP contribution >= 0.6 is 0 Å². The summed E-state index contributed by atoms with van der Waals surface area (Å²) in [6.07, 6.45) is 3.16. The topological polar surface area (TPSA) is 52.9 Å². The largest absolute Gasteiger partial charge is 0.340 e. The first-order chi connectivity index (χ1) is 15.6. The fourth-order valence-electron chi connectivity index (χ4n) is 4.03. The van der Waals surface area contributed by atoms with E-state index in [9.17, 15) is 10.1 Å². The zero-order valence-corrected chi connectivity index (χ0v) is 19.0. The summed E-state index contributed by atoms with van der Waals surface area (Å²) in [7, 11) is 0. The number of benzene rings is 3. The molecule has 3 rings (SSSR count). The van der Waals surface area contributed by atoms with E-state index in [1.54, 1.807) is 0 Å². The van der Waals surface area contributed by atoms with Gasteiger partial charge in [0.1, 0.15) is 6.04 Å². The molecule has 0 fully saturated rings. The lowest BCUT2D eigenvalue weighted by atomic mass is 9.87. The number of rotatable bonds is 10. The molecule has 3 nitrogen and oxygen atoms in total. The minimum absolute atomic E-state index is 0.0600. The molecular formula is C29H32N2O. The van der Waals surface area contributed by atoms with E-state index >= 15 is 0 Å². The van der Waals surface area contributed by atoms with Crippen molar-refractivity contribution in [3.05, 3.63) is 96.1 Å². The van der Waals surface area contributed by atoms with Crippen LogP contribution in [-0.2, 0) is 11.2 Å². The predicted octanol–water partition coefficient (Wildman–Crippen LogP) is 6.51. The van der Waals surface area contributed by atoms with Crippen molar-refractivity contribution in [1.82, 2.24) is 5.32 Å². The smallest absolute Gasteiger partial charge is 0.228 e. The third-order valence-electron chi connectivity index (χ3n) is 5.69. The van der Waals surface area contributed by atoms with Gasteiger partial charge in [0.2, 0.25) is 5.91 Å². The highest BCUT2D eigenvalue weighted by Crippen LogP contribution is 2.28. The summed E-state index contributed by atoms with van der Waals surface area (Å²) < 4.78 is 0. The highest BCUT2D eigenvalue weighted by Gasteiger charge is 2.24. The molecule has 0 spiro atoms. The van der Waals surface area contributed by atoms with Gasteiger partial charge in [-0.25, -0.2) is 0 Å². The van der Waals surface area contributed by atoms with E-state index in [1.165, 1.54) is 5.56 Å². The van der Waals surface area contributed by atoms with Gasteiger partial charge in [-0.05, 0) is 53.9 Å². The maximum absolute atomic E-state index is 13.3. The average Bonchev–Trinajstić information content (AvgIpc) is 2.83. The first-order valence-electron chi connectivity index (χ1n) is 11.5. The summed E-state index contributed by atoms with van der Waals surface area (Å²) >= 11 is 0. The molecule has 0 saturated carbocycles. The zero-order chi connectivity index (χ0) is 22.8. The maximum atomic E-state index is 13.3. The summed E-state index contributed by atoms with van der Waals surface area (Å²) in [5.74, 6) is 0.0311. The molecule has 2 unspecified atom stereocenters. The second kappa shape index (κ2) is 11.9. The first-order valence-corrected chi connectivity index (χ1v) is 11.5. The SMILES string of the molecule is CC(C)CC(C(=O)NC(C#N)CCCc1ccccc1)c1cccc(-c2ccccc2)c1. The second-order valence-electron chi connectivity index (χ2n) is 8.74. The lowest BCUT2D eigenvalue weighted by molar-refractivity contribution is -0.123. The number of nitriles is 1. The summed E-state index contributed by atoms with van der Waals surface area (Å²) in [5, 5.41) is 12.7. The molecule has 0 aromatic heterocycles. The van der Waals surface area contributed by atoms with Crippen molar-refractivity contribution in [2.75, 3.05) is 0 Å². The summed E-state index contributed by atoms with van der Waals surface area (Å²) in [4.78, 5) is 13.3. The van der Waals surface area contributed by atoms with E-state index in [4.69, 9.17) is 0 Å². The molecule has 164 valence electrons. The quantitative estimate of drug-likeness (QED) is 0.403. The number of carbonyl (C=O) groups is 1. The molecule has 32 heavy (non-hydrogen) atoms. The molecular weight excluding hydrogens is 392 g/mol. The van der Waals surface area contributed by atoms with Gasteiger partial charge < -0.3 is 5.32 Å². The molecule has 1 N–H and O–H groups in total. The molecule has 3 heteroatoms. The molecule has 0 radical (unpaired) electrons. The first kappa shape index (κ1) is 23.3. The molecule has 1 amide bonds. The molecule has 3 aromatic rings. The van der Waals surface area contributed by atoms with Crippen LogP contribution in [0.2, 0.25) is 0 Å². The van der Waals surface area contributed by atoms with Gasteiger partial charge >= 0.3 is 0 Å². The van der Waals surface area contributed by atoms with E-state index < -0.39 is 6.04 Å². The summed E-state index contributed by atoms with van der Waals surface area (Å²) in [6, 6.07) is 30.5. The maximum Gasteiger partial charge on any atom is 0.228 e. The number of amides is 1. The third kappa shape index (κ3) is 6.82. The van der Waals surface area contributed by atoms with Crippen LogP contribution in [0.3, 0.4) is 0 Å². The van der Waals surface area contributed by atoms with Crippen molar-refractivity contribution in [3.63, 3.8) is 0 Å². The Morgan fingerprint density at radius 3 is 2.22 bits per heavy atom. The number of nitrogens with one attached hydrogen (secondary N) is 1. The van der Waals surface area contributed by atoms with Gasteiger partial charge in [-0.3, -0.25) is 4.79 Å². The molecule has 0 bridgehead atoms. The highest BCUT2D eigenvalue weighted by atomic mass is 16.1. The minimum Gasteiger partial charge on any atom is -0.340 e.